The largest absolute Gasteiger partial charge is 0.465 e. The number of carbonyl (C=O) groups is 1. The first kappa shape index (κ1) is 23.6. The zero-order chi connectivity index (χ0) is 21.2. The van der Waals surface area contributed by atoms with Crippen molar-refractivity contribution in [3.05, 3.63) is 35.4 Å². The lowest BCUT2D eigenvalue weighted by Gasteiger charge is -2.43. The van der Waals surface area contributed by atoms with Gasteiger partial charge in [0.1, 0.15) is 5.54 Å². The Hall–Kier alpha value is -1.63. The Morgan fingerprint density at radius 1 is 1.00 bits per heavy atom. The first-order valence-electron chi connectivity index (χ1n) is 10.9. The van der Waals surface area contributed by atoms with Crippen molar-refractivity contribution in [2.75, 3.05) is 19.8 Å². The molecule has 1 aromatic carbocycles. The van der Waals surface area contributed by atoms with Gasteiger partial charge in [0.25, 0.3) is 0 Å². The Morgan fingerprint density at radius 2 is 1.59 bits per heavy atom. The highest BCUT2D eigenvalue weighted by molar-refractivity contribution is 5.65. The normalized spacial score (nSPS) is 17.8. The van der Waals surface area contributed by atoms with Crippen molar-refractivity contribution < 1.29 is 19.4 Å². The minimum absolute atomic E-state index is 0.274. The van der Waals surface area contributed by atoms with Crippen molar-refractivity contribution in [2.45, 2.75) is 83.6 Å². The number of amides is 1. The van der Waals surface area contributed by atoms with Crippen LogP contribution < -0.4 is 10.6 Å². The van der Waals surface area contributed by atoms with Crippen LogP contribution >= 0.6 is 0 Å². The Morgan fingerprint density at radius 3 is 2.21 bits per heavy atom. The maximum absolute atomic E-state index is 11.2. The molecule has 0 unspecified atom stereocenters. The van der Waals surface area contributed by atoms with E-state index >= 15 is 0 Å². The molecule has 1 aliphatic heterocycles. The average molecular weight is 407 g/mol. The van der Waals surface area contributed by atoms with Crippen molar-refractivity contribution in [3.63, 3.8) is 0 Å². The molecule has 1 fully saturated rings. The molecule has 0 aromatic heterocycles. The molecule has 0 radical (unpaired) electrons. The zero-order valence-corrected chi connectivity index (χ0v) is 18.3. The third-order valence-corrected chi connectivity index (χ3v) is 5.40. The first-order chi connectivity index (χ1) is 13.8. The van der Waals surface area contributed by atoms with Crippen LogP contribution in [0.15, 0.2) is 24.3 Å². The van der Waals surface area contributed by atoms with E-state index in [0.717, 1.165) is 6.42 Å². The van der Waals surface area contributed by atoms with E-state index in [4.69, 9.17) is 9.47 Å². The molecule has 1 saturated heterocycles. The lowest BCUT2D eigenvalue weighted by Crippen LogP contribution is -2.65. The van der Waals surface area contributed by atoms with E-state index in [-0.39, 0.29) is 13.2 Å². The molecular weight excluding hydrogens is 368 g/mol. The van der Waals surface area contributed by atoms with E-state index in [1.54, 1.807) is 0 Å². The molecule has 6 nitrogen and oxygen atoms in total. The minimum Gasteiger partial charge on any atom is -0.465 e. The fraction of sp³-hybridized carbons (Fsp3) is 0.696. The number of aryl methyl sites for hydroxylation is 1. The quantitative estimate of drug-likeness (QED) is 0.446. The van der Waals surface area contributed by atoms with E-state index in [1.165, 1.54) is 49.7 Å². The predicted octanol–water partition coefficient (Wildman–Crippen LogP) is 4.47. The van der Waals surface area contributed by atoms with Crippen LogP contribution in [0.2, 0.25) is 0 Å². The van der Waals surface area contributed by atoms with E-state index in [0.29, 0.717) is 13.1 Å². The SMILES string of the molecule is CCCCCCCCc1ccc(CNCC2(NC(=O)O)COC(C)(C)OC2)cc1. The number of hydrogen-bond donors (Lipinski definition) is 3. The number of hydrogen-bond acceptors (Lipinski definition) is 4. The summed E-state index contributed by atoms with van der Waals surface area (Å²) < 4.78 is 11.4. The van der Waals surface area contributed by atoms with E-state index < -0.39 is 17.4 Å². The molecule has 1 aliphatic rings. The average Bonchev–Trinajstić information content (AvgIpc) is 2.68. The Kier molecular flexibility index (Phi) is 9.40. The standard InChI is InChI=1S/C23H38N2O4/c1-4-5-6-7-8-9-10-19-11-13-20(14-12-19)15-24-16-23(25-21(26)27)17-28-22(2,3)29-18-23/h11-14,24-25H,4-10,15-18H2,1-3H3,(H,26,27). The van der Waals surface area contributed by atoms with Gasteiger partial charge in [-0.1, -0.05) is 63.3 Å². The topological polar surface area (TPSA) is 79.8 Å². The highest BCUT2D eigenvalue weighted by atomic mass is 16.7. The molecule has 0 saturated carbocycles. The fourth-order valence-electron chi connectivity index (χ4n) is 3.53. The van der Waals surface area contributed by atoms with Crippen molar-refractivity contribution in [3.8, 4) is 0 Å². The molecule has 1 aromatic rings. The molecule has 164 valence electrons. The van der Waals surface area contributed by atoms with Gasteiger partial charge >= 0.3 is 6.09 Å². The van der Waals surface area contributed by atoms with Gasteiger partial charge in [-0.3, -0.25) is 0 Å². The molecule has 29 heavy (non-hydrogen) atoms. The summed E-state index contributed by atoms with van der Waals surface area (Å²) in [5.74, 6) is -0.685. The van der Waals surface area contributed by atoms with Crippen molar-refractivity contribution in [1.29, 1.82) is 0 Å². The van der Waals surface area contributed by atoms with Gasteiger partial charge in [0.05, 0.1) is 13.2 Å². The lowest BCUT2D eigenvalue weighted by molar-refractivity contribution is -0.269. The summed E-state index contributed by atoms with van der Waals surface area (Å²) in [5.41, 5.74) is 1.78. The highest BCUT2D eigenvalue weighted by Crippen LogP contribution is 2.23. The van der Waals surface area contributed by atoms with Gasteiger partial charge in [-0.2, -0.15) is 0 Å². The van der Waals surface area contributed by atoms with E-state index in [2.05, 4.69) is 41.8 Å². The predicted molar refractivity (Wildman–Crippen MR) is 115 cm³/mol. The van der Waals surface area contributed by atoms with Gasteiger partial charge in [0.2, 0.25) is 0 Å². The van der Waals surface area contributed by atoms with Crippen molar-refractivity contribution in [2.24, 2.45) is 0 Å². The second kappa shape index (κ2) is 11.5. The third-order valence-electron chi connectivity index (χ3n) is 5.40. The number of carboxylic acid groups (broad SMARTS) is 1. The molecule has 0 bridgehead atoms. The summed E-state index contributed by atoms with van der Waals surface area (Å²) in [6, 6.07) is 8.69. The zero-order valence-electron chi connectivity index (χ0n) is 18.3. The summed E-state index contributed by atoms with van der Waals surface area (Å²) in [4.78, 5) is 11.2. The smallest absolute Gasteiger partial charge is 0.405 e. The van der Waals surface area contributed by atoms with Crippen LogP contribution in [-0.2, 0) is 22.4 Å². The van der Waals surface area contributed by atoms with Crippen LogP contribution in [0.1, 0.15) is 70.4 Å². The molecule has 1 amide bonds. The second-order valence-electron chi connectivity index (χ2n) is 8.63. The number of rotatable bonds is 12. The Balaban J connectivity index is 1.74. The number of ether oxygens (including phenoxy) is 2. The summed E-state index contributed by atoms with van der Waals surface area (Å²) in [5, 5.41) is 15.1. The summed E-state index contributed by atoms with van der Waals surface area (Å²) in [6.45, 7) is 7.57. The van der Waals surface area contributed by atoms with Gasteiger partial charge in [-0.25, -0.2) is 4.79 Å². The molecule has 1 heterocycles. The van der Waals surface area contributed by atoms with Crippen LogP contribution in [0.3, 0.4) is 0 Å². The van der Waals surface area contributed by atoms with E-state index in [9.17, 15) is 9.90 Å². The summed E-state index contributed by atoms with van der Waals surface area (Å²) in [7, 11) is 0. The maximum Gasteiger partial charge on any atom is 0.405 e. The van der Waals surface area contributed by atoms with Crippen LogP contribution in [0.4, 0.5) is 4.79 Å². The Labute approximate surface area is 175 Å². The van der Waals surface area contributed by atoms with Gasteiger partial charge in [0, 0.05) is 13.1 Å². The van der Waals surface area contributed by atoms with Crippen LogP contribution in [-0.4, -0.2) is 42.3 Å². The number of benzene rings is 1. The van der Waals surface area contributed by atoms with Crippen LogP contribution in [0, 0.1) is 0 Å². The van der Waals surface area contributed by atoms with E-state index in [1.807, 2.05) is 13.8 Å². The molecule has 0 aliphatic carbocycles. The van der Waals surface area contributed by atoms with Crippen molar-refractivity contribution in [1.82, 2.24) is 10.6 Å². The highest BCUT2D eigenvalue weighted by Gasteiger charge is 2.41. The summed E-state index contributed by atoms with van der Waals surface area (Å²) >= 11 is 0. The van der Waals surface area contributed by atoms with Gasteiger partial charge in [-0.15, -0.1) is 0 Å². The molecule has 3 N–H and O–H groups in total. The monoisotopic (exact) mass is 406 g/mol. The molecule has 0 atom stereocenters. The molecule has 0 spiro atoms. The number of unbranched alkanes of at least 4 members (excludes halogenated alkanes) is 5. The molecular formula is C23H38N2O4. The van der Waals surface area contributed by atoms with Gasteiger partial charge in [-0.05, 0) is 37.8 Å². The number of nitrogens with one attached hydrogen (secondary N) is 2. The minimum atomic E-state index is -1.07. The van der Waals surface area contributed by atoms with Crippen molar-refractivity contribution >= 4 is 6.09 Å². The second-order valence-corrected chi connectivity index (χ2v) is 8.63. The van der Waals surface area contributed by atoms with Crippen LogP contribution in [0.25, 0.3) is 0 Å². The van der Waals surface area contributed by atoms with Gasteiger partial charge in [0.15, 0.2) is 5.79 Å². The van der Waals surface area contributed by atoms with Crippen LogP contribution in [0.5, 0.6) is 0 Å². The Bertz CT molecular complexity index is 606. The van der Waals surface area contributed by atoms with Gasteiger partial charge < -0.3 is 25.2 Å². The fourth-order valence-corrected chi connectivity index (χ4v) is 3.53. The first-order valence-corrected chi connectivity index (χ1v) is 10.9. The third kappa shape index (κ3) is 8.72. The molecule has 2 rings (SSSR count). The maximum atomic E-state index is 11.2. The summed E-state index contributed by atoms with van der Waals surface area (Å²) in [6.07, 6.45) is 7.96. The molecule has 6 heteroatoms. The lowest BCUT2D eigenvalue weighted by atomic mass is 10.00.